The molecule has 140 valence electrons. The summed E-state index contributed by atoms with van der Waals surface area (Å²) in [6.45, 7) is 0.449. The summed E-state index contributed by atoms with van der Waals surface area (Å²) in [5, 5.41) is 14.7. The van der Waals surface area contributed by atoms with Gasteiger partial charge in [0.15, 0.2) is 5.75 Å². The van der Waals surface area contributed by atoms with Crippen LogP contribution in [-0.4, -0.2) is 35.2 Å². The number of hydrogen-bond donors (Lipinski definition) is 1. The van der Waals surface area contributed by atoms with Gasteiger partial charge in [-0.25, -0.2) is 14.4 Å². The lowest BCUT2D eigenvalue weighted by Crippen LogP contribution is -2.06. The van der Waals surface area contributed by atoms with Crippen molar-refractivity contribution in [3.05, 3.63) is 57.6 Å². The average Bonchev–Trinajstić information content (AvgIpc) is 2.64. The van der Waals surface area contributed by atoms with E-state index >= 15 is 0 Å². The topological polar surface area (TPSA) is 99.4 Å². The van der Waals surface area contributed by atoms with E-state index in [1.54, 1.807) is 0 Å². The van der Waals surface area contributed by atoms with Crippen LogP contribution in [0.15, 0.2) is 36.7 Å². The van der Waals surface area contributed by atoms with Gasteiger partial charge in [0, 0.05) is 24.9 Å². The number of nitrogens with one attached hydrogen (secondary N) is 1. The Balaban J connectivity index is 2.02. The van der Waals surface area contributed by atoms with Gasteiger partial charge in [-0.2, -0.15) is 0 Å². The molecular formula is C17H14ClFN4O4. The van der Waals surface area contributed by atoms with Crippen molar-refractivity contribution in [3.8, 4) is 5.75 Å². The second kappa shape index (κ2) is 8.11. The van der Waals surface area contributed by atoms with Gasteiger partial charge in [-0.15, -0.1) is 0 Å². The highest BCUT2D eigenvalue weighted by Crippen LogP contribution is 2.34. The summed E-state index contributed by atoms with van der Waals surface area (Å²) >= 11 is 5.78. The van der Waals surface area contributed by atoms with E-state index in [-0.39, 0.29) is 29.7 Å². The molecule has 0 unspecified atom stereocenters. The smallest absolute Gasteiger partial charge is 0.311 e. The number of nitro benzene ring substituents is 1. The minimum Gasteiger partial charge on any atom is -0.484 e. The molecule has 0 aliphatic heterocycles. The lowest BCUT2D eigenvalue weighted by Gasteiger charge is -2.11. The summed E-state index contributed by atoms with van der Waals surface area (Å²) in [5.74, 6) is -0.156. The third-order valence-corrected chi connectivity index (χ3v) is 3.93. The van der Waals surface area contributed by atoms with Crippen LogP contribution in [0.25, 0.3) is 10.9 Å². The first-order valence-electron chi connectivity index (χ1n) is 7.76. The molecule has 10 heteroatoms. The molecule has 0 fully saturated rings. The molecular weight excluding hydrogens is 379 g/mol. The molecule has 0 atom stereocenters. The van der Waals surface area contributed by atoms with Crippen LogP contribution >= 0.6 is 11.6 Å². The Labute approximate surface area is 158 Å². The fraction of sp³-hybridized carbons (Fsp3) is 0.176. The summed E-state index contributed by atoms with van der Waals surface area (Å²) in [6.07, 6.45) is 1.31. The van der Waals surface area contributed by atoms with Crippen molar-refractivity contribution in [1.29, 1.82) is 0 Å². The average molecular weight is 393 g/mol. The van der Waals surface area contributed by atoms with Crippen molar-refractivity contribution in [3.63, 3.8) is 0 Å². The molecule has 0 saturated carbocycles. The zero-order chi connectivity index (χ0) is 19.4. The molecule has 0 bridgehead atoms. The molecule has 0 aliphatic rings. The van der Waals surface area contributed by atoms with Crippen LogP contribution in [0.3, 0.4) is 0 Å². The Hall–Kier alpha value is -3.04. The minimum atomic E-state index is -0.553. The first kappa shape index (κ1) is 18.7. The van der Waals surface area contributed by atoms with E-state index in [4.69, 9.17) is 21.1 Å². The van der Waals surface area contributed by atoms with Crippen molar-refractivity contribution in [2.45, 2.75) is 0 Å². The molecule has 1 N–H and O–H groups in total. The molecule has 3 aromatic rings. The van der Waals surface area contributed by atoms with Gasteiger partial charge in [0.25, 0.3) is 0 Å². The maximum atomic E-state index is 13.3. The van der Waals surface area contributed by atoms with Gasteiger partial charge in [-0.3, -0.25) is 10.1 Å². The number of nitrogens with zero attached hydrogens (tertiary/aromatic N) is 3. The second-order valence-corrected chi connectivity index (χ2v) is 5.82. The van der Waals surface area contributed by atoms with Gasteiger partial charge in [0.05, 0.1) is 27.5 Å². The van der Waals surface area contributed by atoms with E-state index in [1.807, 2.05) is 0 Å². The Kier molecular flexibility index (Phi) is 5.63. The number of nitro groups is 1. The minimum absolute atomic E-state index is 0.0572. The van der Waals surface area contributed by atoms with Gasteiger partial charge in [0.2, 0.25) is 0 Å². The number of anilines is 2. The zero-order valence-electron chi connectivity index (χ0n) is 14.1. The van der Waals surface area contributed by atoms with Gasteiger partial charge >= 0.3 is 5.69 Å². The molecule has 27 heavy (non-hydrogen) atoms. The van der Waals surface area contributed by atoms with Crippen LogP contribution in [-0.2, 0) is 4.74 Å². The molecule has 1 aromatic heterocycles. The molecule has 3 rings (SSSR count). The Morgan fingerprint density at radius 1 is 1.26 bits per heavy atom. The van der Waals surface area contributed by atoms with E-state index in [0.717, 1.165) is 0 Å². The van der Waals surface area contributed by atoms with Gasteiger partial charge in [0.1, 0.15) is 24.6 Å². The predicted molar refractivity (Wildman–Crippen MR) is 98.3 cm³/mol. The monoisotopic (exact) mass is 392 g/mol. The first-order valence-corrected chi connectivity index (χ1v) is 8.14. The van der Waals surface area contributed by atoms with Crippen LogP contribution in [0.2, 0.25) is 5.02 Å². The molecule has 1 heterocycles. The van der Waals surface area contributed by atoms with Crippen LogP contribution in [0, 0.1) is 15.9 Å². The maximum Gasteiger partial charge on any atom is 0.311 e. The summed E-state index contributed by atoms with van der Waals surface area (Å²) in [7, 11) is 1.51. The van der Waals surface area contributed by atoms with Gasteiger partial charge in [-0.1, -0.05) is 11.6 Å². The highest BCUT2D eigenvalue weighted by atomic mass is 35.5. The van der Waals surface area contributed by atoms with Gasteiger partial charge < -0.3 is 14.8 Å². The van der Waals surface area contributed by atoms with Crippen molar-refractivity contribution in [2.75, 3.05) is 25.6 Å². The number of rotatable bonds is 7. The fourth-order valence-electron chi connectivity index (χ4n) is 2.38. The lowest BCUT2D eigenvalue weighted by molar-refractivity contribution is -0.385. The van der Waals surface area contributed by atoms with E-state index < -0.39 is 10.7 Å². The molecule has 0 radical (unpaired) electrons. The summed E-state index contributed by atoms with van der Waals surface area (Å²) < 4.78 is 23.6. The van der Waals surface area contributed by atoms with Crippen LogP contribution < -0.4 is 10.1 Å². The number of ether oxygens (including phenoxy) is 2. The largest absolute Gasteiger partial charge is 0.484 e. The molecule has 8 nitrogen and oxygen atoms in total. The van der Waals surface area contributed by atoms with Crippen LogP contribution in [0.5, 0.6) is 5.75 Å². The second-order valence-electron chi connectivity index (χ2n) is 5.41. The first-order chi connectivity index (χ1) is 13.0. The van der Waals surface area contributed by atoms with Crippen LogP contribution in [0.1, 0.15) is 0 Å². The molecule has 2 aromatic carbocycles. The Morgan fingerprint density at radius 3 is 2.78 bits per heavy atom. The van der Waals surface area contributed by atoms with Crippen molar-refractivity contribution in [1.82, 2.24) is 9.97 Å². The van der Waals surface area contributed by atoms with E-state index in [2.05, 4.69) is 15.3 Å². The number of aromatic nitrogens is 2. The number of benzene rings is 2. The normalized spacial score (nSPS) is 10.8. The number of methoxy groups -OCH3 is 1. The molecule has 0 aliphatic carbocycles. The third-order valence-electron chi connectivity index (χ3n) is 3.64. The number of halogens is 2. The number of fused-ring (bicyclic) bond motifs is 1. The highest BCUT2D eigenvalue weighted by Gasteiger charge is 2.19. The highest BCUT2D eigenvalue weighted by molar-refractivity contribution is 6.31. The van der Waals surface area contributed by atoms with Crippen molar-refractivity contribution >= 4 is 39.7 Å². The van der Waals surface area contributed by atoms with Crippen molar-refractivity contribution < 1.29 is 18.8 Å². The summed E-state index contributed by atoms with van der Waals surface area (Å²) in [6, 6.07) is 6.87. The Morgan fingerprint density at radius 2 is 2.07 bits per heavy atom. The van der Waals surface area contributed by atoms with Crippen LogP contribution in [0.4, 0.5) is 21.6 Å². The summed E-state index contributed by atoms with van der Waals surface area (Å²) in [4.78, 5) is 19.1. The third kappa shape index (κ3) is 4.21. The van der Waals surface area contributed by atoms with E-state index in [0.29, 0.717) is 22.4 Å². The zero-order valence-corrected chi connectivity index (χ0v) is 14.9. The maximum absolute atomic E-state index is 13.3. The molecule has 0 amide bonds. The van der Waals surface area contributed by atoms with Crippen molar-refractivity contribution in [2.24, 2.45) is 0 Å². The quantitative estimate of drug-likeness (QED) is 0.367. The van der Waals surface area contributed by atoms with E-state index in [1.165, 1.54) is 43.8 Å². The lowest BCUT2D eigenvalue weighted by atomic mass is 10.2. The Bertz CT molecular complexity index is 1000. The molecule has 0 saturated heterocycles. The summed E-state index contributed by atoms with van der Waals surface area (Å²) in [5.41, 5.74) is 0.691. The fourth-order valence-corrected chi connectivity index (χ4v) is 2.56. The van der Waals surface area contributed by atoms with Gasteiger partial charge in [-0.05, 0) is 18.2 Å². The molecule has 0 spiro atoms. The van der Waals surface area contributed by atoms with E-state index in [9.17, 15) is 14.5 Å². The standard InChI is InChI=1S/C17H14ClFN4O4/c1-26-4-5-27-16-8-14-11(7-15(16)23(24)25)17(21-9-20-14)22-10-2-3-13(19)12(18)6-10/h2-3,6-9H,4-5H2,1H3,(H,20,21,22). The predicted octanol–water partition coefficient (Wildman–Crippen LogP) is 4.10. The number of hydrogen-bond acceptors (Lipinski definition) is 7. The SMILES string of the molecule is COCCOc1cc2ncnc(Nc3ccc(F)c(Cl)c3)c2cc1[N+](=O)[O-].